The van der Waals surface area contributed by atoms with Gasteiger partial charge in [0.05, 0.1) is 16.2 Å². The van der Waals surface area contributed by atoms with Crippen LogP contribution in [0.5, 0.6) is 0 Å². The van der Waals surface area contributed by atoms with Crippen molar-refractivity contribution in [2.75, 3.05) is 5.75 Å². The molecule has 0 atom stereocenters. The van der Waals surface area contributed by atoms with Crippen LogP contribution in [0.4, 0.5) is 0 Å². The molecular weight excluding hydrogens is 204 g/mol. The third-order valence-corrected chi connectivity index (χ3v) is 4.12. The number of aryl methyl sites for hydroxylation is 1. The fourth-order valence-corrected chi connectivity index (χ4v) is 3.42. The van der Waals surface area contributed by atoms with Crippen molar-refractivity contribution in [1.29, 1.82) is 0 Å². The highest BCUT2D eigenvalue weighted by molar-refractivity contribution is 7.91. The van der Waals surface area contributed by atoms with Crippen molar-refractivity contribution in [2.24, 2.45) is 0 Å². The number of carboxylic acids is 1. The summed E-state index contributed by atoms with van der Waals surface area (Å²) in [4.78, 5) is 10.8. The second-order valence-corrected chi connectivity index (χ2v) is 5.21. The van der Waals surface area contributed by atoms with Gasteiger partial charge in [-0.2, -0.15) is 0 Å². The van der Waals surface area contributed by atoms with Crippen LogP contribution in [-0.2, 0) is 16.3 Å². The molecule has 74 valence electrons. The molecule has 1 aromatic carbocycles. The van der Waals surface area contributed by atoms with Crippen LogP contribution in [0, 0.1) is 0 Å². The van der Waals surface area contributed by atoms with E-state index in [-0.39, 0.29) is 16.2 Å². The fraction of sp³-hybridized carbons (Fsp3) is 0.222. The minimum atomic E-state index is -3.36. The predicted molar refractivity (Wildman–Crippen MR) is 49.2 cm³/mol. The molecule has 0 fully saturated rings. The number of sulfone groups is 1. The maximum absolute atomic E-state index is 11.5. The van der Waals surface area contributed by atoms with Crippen LogP contribution < -0.4 is 0 Å². The molecule has 0 radical (unpaired) electrons. The number of aromatic carboxylic acids is 1. The molecule has 0 saturated heterocycles. The van der Waals surface area contributed by atoms with Crippen molar-refractivity contribution in [2.45, 2.75) is 11.3 Å². The van der Waals surface area contributed by atoms with E-state index < -0.39 is 15.8 Å². The van der Waals surface area contributed by atoms with E-state index in [2.05, 4.69) is 0 Å². The number of carboxylic acid groups (broad SMARTS) is 1. The van der Waals surface area contributed by atoms with Gasteiger partial charge in [-0.15, -0.1) is 0 Å². The van der Waals surface area contributed by atoms with Crippen LogP contribution in [-0.4, -0.2) is 25.2 Å². The molecule has 1 aromatic rings. The van der Waals surface area contributed by atoms with Crippen LogP contribution in [0.2, 0.25) is 0 Å². The SMILES string of the molecule is O=C(O)c1cccc2c1S(=O)(=O)CC2. The van der Waals surface area contributed by atoms with E-state index in [4.69, 9.17) is 5.11 Å². The normalized spacial score (nSPS) is 17.7. The molecule has 14 heavy (non-hydrogen) atoms. The van der Waals surface area contributed by atoms with Gasteiger partial charge in [0.1, 0.15) is 0 Å². The molecule has 0 bridgehead atoms. The van der Waals surface area contributed by atoms with Gasteiger partial charge in [0, 0.05) is 0 Å². The van der Waals surface area contributed by atoms with Gasteiger partial charge in [-0.05, 0) is 18.1 Å². The molecule has 1 N–H and O–H groups in total. The highest BCUT2D eigenvalue weighted by Gasteiger charge is 2.30. The van der Waals surface area contributed by atoms with Crippen molar-refractivity contribution >= 4 is 15.8 Å². The highest BCUT2D eigenvalue weighted by Crippen LogP contribution is 2.28. The zero-order chi connectivity index (χ0) is 10.3. The summed E-state index contributed by atoms with van der Waals surface area (Å²) in [5, 5.41) is 8.82. The lowest BCUT2D eigenvalue weighted by Gasteiger charge is -2.02. The molecule has 1 aliphatic heterocycles. The first-order chi connectivity index (χ1) is 6.52. The number of hydrogen-bond acceptors (Lipinski definition) is 3. The van der Waals surface area contributed by atoms with Crippen molar-refractivity contribution in [1.82, 2.24) is 0 Å². The van der Waals surface area contributed by atoms with Gasteiger partial charge in [-0.1, -0.05) is 12.1 Å². The van der Waals surface area contributed by atoms with Crippen molar-refractivity contribution in [3.63, 3.8) is 0 Å². The van der Waals surface area contributed by atoms with Crippen molar-refractivity contribution < 1.29 is 18.3 Å². The average Bonchev–Trinajstić information content (AvgIpc) is 2.43. The summed E-state index contributed by atoms with van der Waals surface area (Å²) in [6, 6.07) is 4.56. The van der Waals surface area contributed by atoms with E-state index in [0.717, 1.165) is 0 Å². The molecule has 0 amide bonds. The van der Waals surface area contributed by atoms with Crippen molar-refractivity contribution in [3.05, 3.63) is 29.3 Å². The second kappa shape index (κ2) is 2.81. The van der Waals surface area contributed by atoms with Gasteiger partial charge in [-0.25, -0.2) is 13.2 Å². The summed E-state index contributed by atoms with van der Waals surface area (Å²) in [6.45, 7) is 0. The molecule has 1 aliphatic rings. The molecule has 0 aromatic heterocycles. The zero-order valence-corrected chi connectivity index (χ0v) is 8.04. The minimum Gasteiger partial charge on any atom is -0.478 e. The zero-order valence-electron chi connectivity index (χ0n) is 7.23. The fourth-order valence-electron chi connectivity index (χ4n) is 1.66. The molecule has 5 heteroatoms. The highest BCUT2D eigenvalue weighted by atomic mass is 32.2. The Morgan fingerprint density at radius 3 is 2.71 bits per heavy atom. The average molecular weight is 212 g/mol. The monoisotopic (exact) mass is 212 g/mol. The largest absolute Gasteiger partial charge is 0.478 e. The Hall–Kier alpha value is -1.36. The van der Waals surface area contributed by atoms with Gasteiger partial charge in [0.25, 0.3) is 0 Å². The summed E-state index contributed by atoms with van der Waals surface area (Å²) in [5.41, 5.74) is 0.505. The number of fused-ring (bicyclic) bond motifs is 1. The van der Waals surface area contributed by atoms with E-state index in [0.29, 0.717) is 12.0 Å². The van der Waals surface area contributed by atoms with Crippen LogP contribution in [0.1, 0.15) is 15.9 Å². The number of hydrogen-bond donors (Lipinski definition) is 1. The van der Waals surface area contributed by atoms with Crippen molar-refractivity contribution in [3.8, 4) is 0 Å². The smallest absolute Gasteiger partial charge is 0.337 e. The molecule has 0 aliphatic carbocycles. The number of rotatable bonds is 1. The molecular formula is C9H8O4S. The van der Waals surface area contributed by atoms with E-state index >= 15 is 0 Å². The first-order valence-electron chi connectivity index (χ1n) is 4.10. The Labute approximate surface area is 81.1 Å². The Bertz CT molecular complexity index is 502. The summed E-state index contributed by atoms with van der Waals surface area (Å²) in [7, 11) is -3.36. The Kier molecular flexibility index (Phi) is 1.85. The standard InChI is InChI=1S/C9H8O4S/c10-9(11)7-3-1-2-6-4-5-14(12,13)8(6)7/h1-3H,4-5H2,(H,10,11). The lowest BCUT2D eigenvalue weighted by Crippen LogP contribution is -2.07. The van der Waals surface area contributed by atoms with Gasteiger partial charge >= 0.3 is 5.97 Å². The number of benzene rings is 1. The van der Waals surface area contributed by atoms with Gasteiger partial charge in [0.15, 0.2) is 9.84 Å². The van der Waals surface area contributed by atoms with Gasteiger partial charge < -0.3 is 5.11 Å². The molecule has 4 nitrogen and oxygen atoms in total. The first-order valence-corrected chi connectivity index (χ1v) is 5.75. The second-order valence-electron chi connectivity index (χ2n) is 3.17. The number of carbonyl (C=O) groups is 1. The molecule has 1 heterocycles. The lowest BCUT2D eigenvalue weighted by molar-refractivity contribution is 0.0692. The minimum absolute atomic E-state index is 0.00694. The van der Waals surface area contributed by atoms with E-state index in [1.165, 1.54) is 6.07 Å². The van der Waals surface area contributed by atoms with Gasteiger partial charge in [0.2, 0.25) is 0 Å². The predicted octanol–water partition coefficient (Wildman–Crippen LogP) is 0.715. The maximum atomic E-state index is 11.5. The topological polar surface area (TPSA) is 71.4 Å². The van der Waals surface area contributed by atoms with Crippen LogP contribution >= 0.6 is 0 Å². The summed E-state index contributed by atoms with van der Waals surface area (Å²) in [6.07, 6.45) is 0.415. The molecule has 0 spiro atoms. The van der Waals surface area contributed by atoms with E-state index in [9.17, 15) is 13.2 Å². The van der Waals surface area contributed by atoms with E-state index in [1.807, 2.05) is 0 Å². The van der Waals surface area contributed by atoms with Gasteiger partial charge in [-0.3, -0.25) is 0 Å². The van der Waals surface area contributed by atoms with Crippen LogP contribution in [0.3, 0.4) is 0 Å². The van der Waals surface area contributed by atoms with Crippen LogP contribution in [0.15, 0.2) is 23.1 Å². The quantitative estimate of drug-likeness (QED) is 0.744. The van der Waals surface area contributed by atoms with E-state index in [1.54, 1.807) is 12.1 Å². The first kappa shape index (κ1) is 9.21. The third-order valence-electron chi connectivity index (χ3n) is 2.28. The molecule has 2 rings (SSSR count). The molecule has 0 unspecified atom stereocenters. The lowest BCUT2D eigenvalue weighted by atomic mass is 10.1. The Morgan fingerprint density at radius 1 is 1.36 bits per heavy atom. The summed E-state index contributed by atoms with van der Waals surface area (Å²) in [5.74, 6) is -1.17. The maximum Gasteiger partial charge on any atom is 0.337 e. The molecule has 0 saturated carbocycles. The Balaban J connectivity index is 2.79. The summed E-state index contributed by atoms with van der Waals surface area (Å²) >= 11 is 0. The third kappa shape index (κ3) is 1.21. The summed E-state index contributed by atoms with van der Waals surface area (Å²) < 4.78 is 23.0. The van der Waals surface area contributed by atoms with Crippen LogP contribution in [0.25, 0.3) is 0 Å². The Morgan fingerprint density at radius 2 is 2.07 bits per heavy atom.